The van der Waals surface area contributed by atoms with Crippen LogP contribution in [0.1, 0.15) is 0 Å². The van der Waals surface area contributed by atoms with E-state index in [0.29, 0.717) is 42.9 Å². The highest BCUT2D eigenvalue weighted by atomic mass is 35.5. The lowest BCUT2D eigenvalue weighted by molar-refractivity contribution is 0.466. The normalized spacial score (nSPS) is 11.2. The van der Waals surface area contributed by atoms with E-state index < -0.39 is 11.3 Å². The van der Waals surface area contributed by atoms with E-state index in [1.165, 1.54) is 11.6 Å². The Kier molecular flexibility index (Phi) is 4.90. The van der Waals surface area contributed by atoms with Gasteiger partial charge in [0.25, 0.3) is 5.56 Å². The summed E-state index contributed by atoms with van der Waals surface area (Å²) in [6.07, 6.45) is 0. The molecule has 4 aromatic rings. The van der Waals surface area contributed by atoms with Crippen LogP contribution < -0.4 is 11.3 Å². The van der Waals surface area contributed by atoms with E-state index in [2.05, 4.69) is 0 Å². The number of nitrogens with two attached hydrogens (primary N) is 1. The predicted molar refractivity (Wildman–Crippen MR) is 119 cm³/mol. The predicted octanol–water partition coefficient (Wildman–Crippen LogP) is 5.52. The fourth-order valence-corrected chi connectivity index (χ4v) is 3.82. The van der Waals surface area contributed by atoms with Crippen LogP contribution in [0, 0.1) is 0 Å². The number of halogens is 3. The summed E-state index contributed by atoms with van der Waals surface area (Å²) in [5.74, 6) is -0.513. The highest BCUT2D eigenvalue weighted by Crippen LogP contribution is 2.39. The molecule has 29 heavy (non-hydrogen) atoms. The van der Waals surface area contributed by atoms with Gasteiger partial charge in [-0.15, -0.1) is 0 Å². The zero-order valence-corrected chi connectivity index (χ0v) is 17.3. The lowest BCUT2D eigenvalue weighted by Crippen LogP contribution is -2.19. The lowest BCUT2D eigenvalue weighted by Gasteiger charge is -2.16. The van der Waals surface area contributed by atoms with E-state index in [9.17, 15) is 9.90 Å². The second-order valence-corrected chi connectivity index (χ2v) is 7.79. The van der Waals surface area contributed by atoms with Gasteiger partial charge in [0, 0.05) is 33.6 Å². The minimum Gasteiger partial charge on any atom is -0.502 e. The number of nitrogen functional groups attached to an aromatic ring is 1. The van der Waals surface area contributed by atoms with Gasteiger partial charge < -0.3 is 10.8 Å². The van der Waals surface area contributed by atoms with Crippen molar-refractivity contribution in [1.29, 1.82) is 0 Å². The van der Waals surface area contributed by atoms with E-state index in [1.54, 1.807) is 36.4 Å². The number of anilines is 1. The SMILES string of the molecule is Cn1c(=O)c(O)c(N)c2cc(-c3ccc(Cl)cc3)c(-c3ccc(Cl)cc3Cl)nc21. The Bertz CT molecular complexity index is 1330. The first-order valence-electron chi connectivity index (χ1n) is 8.51. The molecule has 0 fully saturated rings. The smallest absolute Gasteiger partial charge is 0.296 e. The maximum absolute atomic E-state index is 12.3. The van der Waals surface area contributed by atoms with Gasteiger partial charge in [0.15, 0.2) is 0 Å². The molecule has 3 N–H and O–H groups in total. The summed E-state index contributed by atoms with van der Waals surface area (Å²) in [4.78, 5) is 17.0. The zero-order valence-electron chi connectivity index (χ0n) is 15.1. The Morgan fingerprint density at radius 2 is 1.62 bits per heavy atom. The third kappa shape index (κ3) is 3.31. The van der Waals surface area contributed by atoms with Crippen LogP contribution >= 0.6 is 34.8 Å². The summed E-state index contributed by atoms with van der Waals surface area (Å²) in [6.45, 7) is 0. The molecule has 0 spiro atoms. The van der Waals surface area contributed by atoms with Gasteiger partial charge in [-0.1, -0.05) is 46.9 Å². The summed E-state index contributed by atoms with van der Waals surface area (Å²) in [6, 6.07) is 14.1. The molecule has 2 aromatic carbocycles. The molecule has 0 saturated heterocycles. The number of nitrogens with zero attached hydrogens (tertiary/aromatic N) is 2. The van der Waals surface area contributed by atoms with Gasteiger partial charge in [-0.05, 0) is 42.0 Å². The van der Waals surface area contributed by atoms with Crippen molar-refractivity contribution in [2.24, 2.45) is 7.05 Å². The molecule has 0 aliphatic heterocycles. The van der Waals surface area contributed by atoms with Crippen molar-refractivity contribution in [1.82, 2.24) is 9.55 Å². The molecule has 0 amide bonds. The summed E-state index contributed by atoms with van der Waals surface area (Å²) >= 11 is 18.5. The molecule has 8 heteroatoms. The lowest BCUT2D eigenvalue weighted by atomic mass is 9.97. The summed E-state index contributed by atoms with van der Waals surface area (Å²) in [5.41, 5.74) is 8.41. The Morgan fingerprint density at radius 1 is 0.966 bits per heavy atom. The van der Waals surface area contributed by atoms with Crippen LogP contribution in [0.2, 0.25) is 15.1 Å². The third-order valence-electron chi connectivity index (χ3n) is 4.71. The molecule has 0 aliphatic carbocycles. The van der Waals surface area contributed by atoms with Crippen LogP contribution in [0.4, 0.5) is 5.69 Å². The Labute approximate surface area is 180 Å². The number of pyridine rings is 2. The molecule has 0 saturated carbocycles. The zero-order chi connectivity index (χ0) is 20.9. The molecule has 5 nitrogen and oxygen atoms in total. The van der Waals surface area contributed by atoms with Crippen LogP contribution in [-0.2, 0) is 7.05 Å². The average molecular weight is 447 g/mol. The van der Waals surface area contributed by atoms with Gasteiger partial charge in [0.1, 0.15) is 5.65 Å². The largest absolute Gasteiger partial charge is 0.502 e. The number of hydrogen-bond donors (Lipinski definition) is 2. The molecular formula is C21H14Cl3N3O2. The first-order chi connectivity index (χ1) is 13.8. The monoisotopic (exact) mass is 445 g/mol. The minimum absolute atomic E-state index is 0.0282. The Hall–Kier alpha value is -2.73. The number of aromatic hydroxyl groups is 1. The van der Waals surface area contributed by atoms with Crippen LogP contribution in [0.3, 0.4) is 0 Å². The second-order valence-electron chi connectivity index (χ2n) is 6.51. The van der Waals surface area contributed by atoms with Crippen molar-refractivity contribution in [3.05, 3.63) is 74.0 Å². The van der Waals surface area contributed by atoms with Gasteiger partial charge in [-0.25, -0.2) is 4.98 Å². The Morgan fingerprint density at radius 3 is 2.28 bits per heavy atom. The maximum Gasteiger partial charge on any atom is 0.296 e. The quantitative estimate of drug-likeness (QED) is 0.425. The average Bonchev–Trinajstić information content (AvgIpc) is 2.70. The molecule has 0 unspecified atom stereocenters. The summed E-state index contributed by atoms with van der Waals surface area (Å²) < 4.78 is 1.25. The van der Waals surface area contributed by atoms with Crippen molar-refractivity contribution in [3.63, 3.8) is 0 Å². The van der Waals surface area contributed by atoms with Crippen LogP contribution in [0.15, 0.2) is 53.3 Å². The van der Waals surface area contributed by atoms with Crippen molar-refractivity contribution in [2.45, 2.75) is 0 Å². The van der Waals surface area contributed by atoms with Gasteiger partial charge in [-0.2, -0.15) is 0 Å². The van der Waals surface area contributed by atoms with E-state index in [0.717, 1.165) is 5.56 Å². The number of aromatic nitrogens is 2. The highest BCUT2D eigenvalue weighted by Gasteiger charge is 2.19. The molecule has 0 bridgehead atoms. The maximum atomic E-state index is 12.3. The van der Waals surface area contributed by atoms with Gasteiger partial charge in [-0.3, -0.25) is 9.36 Å². The molecule has 146 valence electrons. The molecule has 4 rings (SSSR count). The number of hydrogen-bond acceptors (Lipinski definition) is 4. The third-order valence-corrected chi connectivity index (χ3v) is 5.51. The molecule has 2 aromatic heterocycles. The summed E-state index contributed by atoms with van der Waals surface area (Å²) in [7, 11) is 1.52. The number of aryl methyl sites for hydroxylation is 1. The van der Waals surface area contributed by atoms with Gasteiger partial charge in [0.2, 0.25) is 5.75 Å². The van der Waals surface area contributed by atoms with Gasteiger partial charge >= 0.3 is 0 Å². The fourth-order valence-electron chi connectivity index (χ4n) is 3.19. The standard InChI is InChI=1S/C21H14Cl3N3O2/c1-27-20-15(17(25)19(28)21(27)29)9-14(10-2-4-11(22)5-3-10)18(26-20)13-7-6-12(23)8-16(13)24/h2-9,28H,25H2,1H3. The fraction of sp³-hybridized carbons (Fsp3) is 0.0476. The van der Waals surface area contributed by atoms with Crippen molar-refractivity contribution in [2.75, 3.05) is 5.73 Å². The van der Waals surface area contributed by atoms with Crippen molar-refractivity contribution in [3.8, 4) is 28.1 Å². The van der Waals surface area contributed by atoms with Gasteiger partial charge in [0.05, 0.1) is 16.4 Å². The Balaban J connectivity index is 2.15. The number of benzene rings is 2. The second kappa shape index (κ2) is 7.26. The minimum atomic E-state index is -0.630. The molecule has 2 heterocycles. The van der Waals surface area contributed by atoms with E-state index >= 15 is 0 Å². The van der Waals surface area contributed by atoms with E-state index in [4.69, 9.17) is 45.5 Å². The first kappa shape index (κ1) is 19.6. The van der Waals surface area contributed by atoms with Crippen molar-refractivity contribution >= 4 is 51.5 Å². The van der Waals surface area contributed by atoms with Crippen LogP contribution in [-0.4, -0.2) is 14.7 Å². The van der Waals surface area contributed by atoms with E-state index in [1.807, 2.05) is 12.1 Å². The molecular weight excluding hydrogens is 433 g/mol. The molecule has 0 atom stereocenters. The molecule has 0 radical (unpaired) electrons. The van der Waals surface area contributed by atoms with Crippen molar-refractivity contribution < 1.29 is 5.11 Å². The molecule has 0 aliphatic rings. The summed E-state index contributed by atoms with van der Waals surface area (Å²) in [5, 5.41) is 12.1. The van der Waals surface area contributed by atoms with Crippen LogP contribution in [0.5, 0.6) is 5.75 Å². The topological polar surface area (TPSA) is 81.1 Å². The first-order valence-corrected chi connectivity index (χ1v) is 9.65. The van der Waals surface area contributed by atoms with Crippen LogP contribution in [0.25, 0.3) is 33.4 Å². The van der Waals surface area contributed by atoms with E-state index in [-0.39, 0.29) is 5.69 Å². The number of fused-ring (bicyclic) bond motifs is 1. The number of rotatable bonds is 2. The highest BCUT2D eigenvalue weighted by molar-refractivity contribution is 6.36.